The number of anilines is 1. The first kappa shape index (κ1) is 23.7. The van der Waals surface area contributed by atoms with Gasteiger partial charge in [0.05, 0.1) is 30.2 Å². The van der Waals surface area contributed by atoms with Gasteiger partial charge in [0.2, 0.25) is 0 Å². The summed E-state index contributed by atoms with van der Waals surface area (Å²) in [6.07, 6.45) is -2.43. The highest BCUT2D eigenvalue weighted by Crippen LogP contribution is 2.35. The van der Waals surface area contributed by atoms with Gasteiger partial charge >= 0.3 is 6.18 Å². The number of hydrogen-bond donors (Lipinski definition) is 2. The molecule has 10 heteroatoms. The van der Waals surface area contributed by atoms with Crippen molar-refractivity contribution in [1.82, 2.24) is 20.7 Å². The molecule has 0 radical (unpaired) electrons. The molecule has 2 aromatic rings. The van der Waals surface area contributed by atoms with Crippen LogP contribution in [0.1, 0.15) is 16.7 Å². The van der Waals surface area contributed by atoms with Crippen LogP contribution in [0.25, 0.3) is 5.70 Å². The molecule has 0 aliphatic carbocycles. The summed E-state index contributed by atoms with van der Waals surface area (Å²) in [5.41, 5.74) is 6.72. The van der Waals surface area contributed by atoms with Crippen LogP contribution in [0.2, 0.25) is 5.02 Å². The van der Waals surface area contributed by atoms with Gasteiger partial charge in [-0.1, -0.05) is 23.7 Å². The maximum absolute atomic E-state index is 13.6. The normalized spacial score (nSPS) is 18.7. The lowest BCUT2D eigenvalue weighted by molar-refractivity contribution is -0.138. The lowest BCUT2D eigenvalue weighted by atomic mass is 10.0. The van der Waals surface area contributed by atoms with Crippen LogP contribution in [0.5, 0.6) is 0 Å². The van der Waals surface area contributed by atoms with Crippen LogP contribution < -0.4 is 15.6 Å². The maximum atomic E-state index is 13.6. The van der Waals surface area contributed by atoms with Crippen LogP contribution in [0.3, 0.4) is 0 Å². The maximum Gasteiger partial charge on any atom is 0.416 e. The van der Waals surface area contributed by atoms with Crippen LogP contribution in [-0.2, 0) is 17.5 Å². The van der Waals surface area contributed by atoms with E-state index < -0.39 is 11.7 Å². The number of alkyl halides is 3. The lowest BCUT2D eigenvalue weighted by Crippen LogP contribution is -2.49. The molecule has 0 amide bonds. The predicted molar refractivity (Wildman–Crippen MR) is 130 cm³/mol. The first-order chi connectivity index (χ1) is 16.8. The van der Waals surface area contributed by atoms with Gasteiger partial charge in [-0.3, -0.25) is 10.4 Å². The summed E-state index contributed by atoms with van der Waals surface area (Å²) in [5, 5.41) is 5.53. The molecule has 0 aromatic heterocycles. The van der Waals surface area contributed by atoms with E-state index in [0.717, 1.165) is 60.8 Å². The molecule has 0 atom stereocenters. The van der Waals surface area contributed by atoms with Crippen LogP contribution in [-0.4, -0.2) is 56.3 Å². The SMILES string of the molecule is CN1NC2=C(C=C1c1ccc(N3CCOCC3)cc1)N(Cc1cc(Cl)ccc1C(F)(F)F)CCN2. The summed E-state index contributed by atoms with van der Waals surface area (Å²) in [6.45, 7) is 4.45. The van der Waals surface area contributed by atoms with Crippen molar-refractivity contribution in [2.75, 3.05) is 51.3 Å². The molecular formula is C25H27ClF3N5O. The molecule has 2 aromatic carbocycles. The molecule has 186 valence electrons. The molecule has 0 saturated carbocycles. The fourth-order valence-corrected chi connectivity index (χ4v) is 4.88. The standard InChI is InChI=1S/C25H27ClF3N5O/c1-32-22(17-2-5-20(6-3-17)33-10-12-35-13-11-33)15-23-24(31-32)30-8-9-34(23)16-18-14-19(26)4-7-21(18)25(27,28)29/h2-7,14-15,30-31H,8-13,16H2,1H3. The van der Waals surface area contributed by atoms with E-state index in [-0.39, 0.29) is 17.1 Å². The molecule has 35 heavy (non-hydrogen) atoms. The number of halogens is 4. The summed E-state index contributed by atoms with van der Waals surface area (Å²) < 4.78 is 46.4. The van der Waals surface area contributed by atoms with E-state index in [9.17, 15) is 13.2 Å². The predicted octanol–water partition coefficient (Wildman–Crippen LogP) is 4.26. The molecule has 1 fully saturated rings. The van der Waals surface area contributed by atoms with Crippen molar-refractivity contribution in [3.8, 4) is 0 Å². The van der Waals surface area contributed by atoms with E-state index in [0.29, 0.717) is 13.1 Å². The van der Waals surface area contributed by atoms with Gasteiger partial charge in [0.1, 0.15) is 5.82 Å². The van der Waals surface area contributed by atoms with E-state index in [4.69, 9.17) is 16.3 Å². The largest absolute Gasteiger partial charge is 0.416 e. The van der Waals surface area contributed by atoms with Crippen molar-refractivity contribution in [3.05, 3.63) is 81.8 Å². The van der Waals surface area contributed by atoms with E-state index in [1.807, 2.05) is 23.0 Å². The molecule has 0 spiro atoms. The molecule has 1 saturated heterocycles. The summed E-state index contributed by atoms with van der Waals surface area (Å²) in [5.74, 6) is 0.767. The fraction of sp³-hybridized carbons (Fsp3) is 0.360. The highest BCUT2D eigenvalue weighted by Gasteiger charge is 2.34. The highest BCUT2D eigenvalue weighted by molar-refractivity contribution is 6.30. The van der Waals surface area contributed by atoms with Gasteiger partial charge in [-0.15, -0.1) is 0 Å². The third kappa shape index (κ3) is 5.01. The van der Waals surface area contributed by atoms with Crippen LogP contribution in [0.4, 0.5) is 18.9 Å². The number of nitrogens with zero attached hydrogens (tertiary/aromatic N) is 3. The second-order valence-electron chi connectivity index (χ2n) is 8.75. The Hall–Kier alpha value is -3.04. The van der Waals surface area contributed by atoms with Crippen molar-refractivity contribution in [2.24, 2.45) is 0 Å². The molecule has 3 heterocycles. The number of allylic oxidation sites excluding steroid dienone is 1. The van der Waals surface area contributed by atoms with Gasteiger partial charge in [-0.05, 0) is 47.5 Å². The van der Waals surface area contributed by atoms with E-state index in [1.165, 1.54) is 12.1 Å². The first-order valence-corrected chi connectivity index (χ1v) is 11.9. The Labute approximate surface area is 207 Å². The average Bonchev–Trinajstić information content (AvgIpc) is 2.84. The van der Waals surface area contributed by atoms with E-state index in [2.05, 4.69) is 39.9 Å². The van der Waals surface area contributed by atoms with Crippen molar-refractivity contribution < 1.29 is 17.9 Å². The molecule has 0 unspecified atom stereocenters. The number of hydrazine groups is 1. The molecule has 3 aliphatic heterocycles. The molecule has 2 N–H and O–H groups in total. The van der Waals surface area contributed by atoms with Gasteiger partial charge in [-0.25, -0.2) is 0 Å². The molecule has 3 aliphatic rings. The number of ether oxygens (including phenoxy) is 1. The number of morpholine rings is 1. The Kier molecular flexibility index (Phi) is 6.46. The Morgan fingerprint density at radius 2 is 1.77 bits per heavy atom. The zero-order valence-electron chi connectivity index (χ0n) is 19.3. The molecule has 6 nitrogen and oxygen atoms in total. The quantitative estimate of drug-likeness (QED) is 0.647. The molecule has 5 rings (SSSR count). The minimum absolute atomic E-state index is 0.0983. The Bertz CT molecular complexity index is 1140. The van der Waals surface area contributed by atoms with Gasteiger partial charge in [0.15, 0.2) is 0 Å². The summed E-state index contributed by atoms with van der Waals surface area (Å²) in [4.78, 5) is 4.25. The van der Waals surface area contributed by atoms with Crippen LogP contribution in [0, 0.1) is 0 Å². The van der Waals surface area contributed by atoms with E-state index >= 15 is 0 Å². The molecular weight excluding hydrogens is 479 g/mol. The second-order valence-corrected chi connectivity index (χ2v) is 9.19. The number of nitrogens with one attached hydrogen (secondary N) is 2. The van der Waals surface area contributed by atoms with Gasteiger partial charge < -0.3 is 19.9 Å². The minimum atomic E-state index is -4.45. The van der Waals surface area contributed by atoms with Crippen molar-refractivity contribution >= 4 is 23.0 Å². The third-order valence-electron chi connectivity index (χ3n) is 6.47. The van der Waals surface area contributed by atoms with Crippen molar-refractivity contribution in [3.63, 3.8) is 0 Å². The first-order valence-electron chi connectivity index (χ1n) is 11.5. The lowest BCUT2D eigenvalue weighted by Gasteiger charge is -2.40. The van der Waals surface area contributed by atoms with Gasteiger partial charge in [-0.2, -0.15) is 13.2 Å². The number of benzene rings is 2. The zero-order chi connectivity index (χ0) is 24.6. The number of hydrogen-bond acceptors (Lipinski definition) is 6. The topological polar surface area (TPSA) is 43.0 Å². The Morgan fingerprint density at radius 3 is 2.49 bits per heavy atom. The van der Waals surface area contributed by atoms with Crippen LogP contribution >= 0.6 is 11.6 Å². The summed E-state index contributed by atoms with van der Waals surface area (Å²) in [7, 11) is 1.92. The third-order valence-corrected chi connectivity index (χ3v) is 6.70. The smallest absolute Gasteiger partial charge is 0.378 e. The number of rotatable bonds is 4. The average molecular weight is 506 g/mol. The zero-order valence-corrected chi connectivity index (χ0v) is 20.1. The Balaban J connectivity index is 1.43. The second kappa shape index (κ2) is 9.54. The van der Waals surface area contributed by atoms with Crippen LogP contribution in [0.15, 0.2) is 60.1 Å². The van der Waals surface area contributed by atoms with Crippen molar-refractivity contribution in [2.45, 2.75) is 12.7 Å². The fourth-order valence-electron chi connectivity index (χ4n) is 4.68. The van der Waals surface area contributed by atoms with E-state index in [1.54, 1.807) is 0 Å². The summed E-state index contributed by atoms with van der Waals surface area (Å²) >= 11 is 6.06. The van der Waals surface area contributed by atoms with Crippen molar-refractivity contribution in [1.29, 1.82) is 0 Å². The van der Waals surface area contributed by atoms with Gasteiger partial charge in [0, 0.05) is 50.5 Å². The minimum Gasteiger partial charge on any atom is -0.378 e. The highest BCUT2D eigenvalue weighted by atomic mass is 35.5. The Morgan fingerprint density at radius 1 is 1.03 bits per heavy atom. The van der Waals surface area contributed by atoms with Gasteiger partial charge in [0.25, 0.3) is 0 Å². The molecule has 0 bridgehead atoms. The summed E-state index contributed by atoms with van der Waals surface area (Å²) in [6, 6.07) is 12.1. The monoisotopic (exact) mass is 505 g/mol.